The van der Waals surface area contributed by atoms with E-state index in [2.05, 4.69) is 5.32 Å². The molecular formula is C13H17NO5. The number of rotatable bonds is 6. The smallest absolute Gasteiger partial charge is 0.342 e. The van der Waals surface area contributed by atoms with Crippen LogP contribution in [0.25, 0.3) is 0 Å². The zero-order valence-corrected chi connectivity index (χ0v) is 10.9. The Morgan fingerprint density at radius 1 is 1.37 bits per heavy atom. The Hall–Kier alpha value is -2.08. The van der Waals surface area contributed by atoms with E-state index < -0.39 is 18.5 Å². The van der Waals surface area contributed by atoms with Crippen molar-refractivity contribution in [1.82, 2.24) is 5.32 Å². The lowest BCUT2D eigenvalue weighted by Gasteiger charge is -2.07. The molecule has 104 valence electrons. The summed E-state index contributed by atoms with van der Waals surface area (Å²) in [4.78, 5) is 23.0. The predicted octanol–water partition coefficient (Wildman–Crippen LogP) is 0.620. The van der Waals surface area contributed by atoms with E-state index in [4.69, 9.17) is 9.47 Å². The van der Waals surface area contributed by atoms with Crippen molar-refractivity contribution in [2.75, 3.05) is 26.9 Å². The zero-order chi connectivity index (χ0) is 14.3. The Morgan fingerprint density at radius 3 is 2.79 bits per heavy atom. The molecule has 6 nitrogen and oxygen atoms in total. The lowest BCUT2D eigenvalue weighted by atomic mass is 10.1. The van der Waals surface area contributed by atoms with Crippen molar-refractivity contribution < 1.29 is 24.2 Å². The fourth-order valence-electron chi connectivity index (χ4n) is 1.37. The van der Waals surface area contributed by atoms with E-state index in [-0.39, 0.29) is 11.3 Å². The highest BCUT2D eigenvalue weighted by Crippen LogP contribution is 2.18. The third-order valence-corrected chi connectivity index (χ3v) is 2.33. The second-order valence-electron chi connectivity index (χ2n) is 3.94. The minimum Gasteiger partial charge on any atom is -0.507 e. The molecule has 1 rings (SSSR count). The van der Waals surface area contributed by atoms with E-state index >= 15 is 0 Å². The Balaban J connectivity index is 2.47. The highest BCUT2D eigenvalue weighted by molar-refractivity contribution is 5.94. The van der Waals surface area contributed by atoms with Crippen LogP contribution in [0.4, 0.5) is 0 Å². The fraction of sp³-hybridized carbons (Fsp3) is 0.385. The van der Waals surface area contributed by atoms with Crippen molar-refractivity contribution in [2.24, 2.45) is 0 Å². The van der Waals surface area contributed by atoms with Crippen molar-refractivity contribution in [3.8, 4) is 5.75 Å². The number of nitrogens with one attached hydrogen (secondary N) is 1. The zero-order valence-electron chi connectivity index (χ0n) is 10.9. The highest BCUT2D eigenvalue weighted by atomic mass is 16.5. The molecule has 0 aliphatic rings. The van der Waals surface area contributed by atoms with Crippen LogP contribution in [0, 0.1) is 6.92 Å². The number of phenols is 1. The number of hydrogen-bond acceptors (Lipinski definition) is 5. The van der Waals surface area contributed by atoms with Gasteiger partial charge >= 0.3 is 5.97 Å². The first-order valence-electron chi connectivity index (χ1n) is 5.77. The van der Waals surface area contributed by atoms with Gasteiger partial charge in [-0.3, -0.25) is 4.79 Å². The van der Waals surface area contributed by atoms with Gasteiger partial charge in [-0.05, 0) is 19.1 Å². The summed E-state index contributed by atoms with van der Waals surface area (Å²) < 4.78 is 9.57. The fourth-order valence-corrected chi connectivity index (χ4v) is 1.37. The molecule has 0 aliphatic heterocycles. The van der Waals surface area contributed by atoms with Gasteiger partial charge in [0.15, 0.2) is 6.61 Å². The molecule has 0 aromatic heterocycles. The standard InChI is InChI=1S/C13H17NO5/c1-9-3-4-11(15)10(7-9)13(17)19-8-12(16)14-5-6-18-2/h3-4,7,15H,5-6,8H2,1-2H3,(H,14,16). The second kappa shape index (κ2) is 7.38. The van der Waals surface area contributed by atoms with E-state index in [9.17, 15) is 14.7 Å². The van der Waals surface area contributed by atoms with E-state index in [1.165, 1.54) is 19.2 Å². The molecule has 0 saturated heterocycles. The van der Waals surface area contributed by atoms with Crippen LogP contribution in [0.5, 0.6) is 5.75 Å². The molecule has 2 N–H and O–H groups in total. The number of carbonyl (C=O) groups is 2. The number of methoxy groups -OCH3 is 1. The quantitative estimate of drug-likeness (QED) is 0.583. The van der Waals surface area contributed by atoms with Crippen molar-refractivity contribution in [2.45, 2.75) is 6.92 Å². The molecule has 0 heterocycles. The maximum absolute atomic E-state index is 11.7. The average Bonchev–Trinajstić information content (AvgIpc) is 2.39. The normalized spacial score (nSPS) is 10.0. The first-order chi connectivity index (χ1) is 9.04. The molecule has 0 saturated carbocycles. The summed E-state index contributed by atoms with van der Waals surface area (Å²) in [5, 5.41) is 12.0. The Bertz CT molecular complexity index is 458. The van der Waals surface area contributed by atoms with Crippen LogP contribution >= 0.6 is 0 Å². The molecular weight excluding hydrogens is 250 g/mol. The molecule has 1 aromatic carbocycles. The van der Waals surface area contributed by atoms with E-state index in [0.29, 0.717) is 13.2 Å². The minimum absolute atomic E-state index is 0.0460. The summed E-state index contributed by atoms with van der Waals surface area (Å²) in [6.45, 7) is 2.13. The largest absolute Gasteiger partial charge is 0.507 e. The summed E-state index contributed by atoms with van der Waals surface area (Å²) in [5.74, 6) is -1.32. The number of phenolic OH excluding ortho intramolecular Hbond substituents is 1. The summed E-state index contributed by atoms with van der Waals surface area (Å²) >= 11 is 0. The van der Waals surface area contributed by atoms with Gasteiger partial charge in [0.1, 0.15) is 11.3 Å². The van der Waals surface area contributed by atoms with Crippen LogP contribution in [-0.2, 0) is 14.3 Å². The molecule has 0 bridgehead atoms. The van der Waals surface area contributed by atoms with Gasteiger partial charge in [-0.25, -0.2) is 4.79 Å². The molecule has 1 amide bonds. The molecule has 19 heavy (non-hydrogen) atoms. The molecule has 0 unspecified atom stereocenters. The number of ether oxygens (including phenoxy) is 2. The SMILES string of the molecule is COCCNC(=O)COC(=O)c1cc(C)ccc1O. The summed E-state index contributed by atoms with van der Waals surface area (Å²) in [7, 11) is 1.52. The van der Waals surface area contributed by atoms with Gasteiger partial charge in [-0.15, -0.1) is 0 Å². The molecule has 1 aromatic rings. The maximum Gasteiger partial charge on any atom is 0.342 e. The number of carbonyl (C=O) groups excluding carboxylic acids is 2. The summed E-state index contributed by atoms with van der Waals surface area (Å²) in [6, 6.07) is 4.58. The van der Waals surface area contributed by atoms with Crippen LogP contribution < -0.4 is 5.32 Å². The highest BCUT2D eigenvalue weighted by Gasteiger charge is 2.14. The van der Waals surface area contributed by atoms with Crippen molar-refractivity contribution in [3.63, 3.8) is 0 Å². The Labute approximate surface area is 111 Å². The van der Waals surface area contributed by atoms with Gasteiger partial charge in [0.05, 0.1) is 6.61 Å². The molecule has 0 spiro atoms. The van der Waals surface area contributed by atoms with Crippen molar-refractivity contribution >= 4 is 11.9 Å². The van der Waals surface area contributed by atoms with E-state index in [1.807, 2.05) is 0 Å². The third-order valence-electron chi connectivity index (χ3n) is 2.33. The van der Waals surface area contributed by atoms with Crippen LogP contribution in [0.15, 0.2) is 18.2 Å². The van der Waals surface area contributed by atoms with Gasteiger partial charge < -0.3 is 19.9 Å². The van der Waals surface area contributed by atoms with E-state index in [1.54, 1.807) is 13.0 Å². The molecule has 0 aliphatic carbocycles. The lowest BCUT2D eigenvalue weighted by molar-refractivity contribution is -0.124. The van der Waals surface area contributed by atoms with Gasteiger partial charge in [0.25, 0.3) is 5.91 Å². The van der Waals surface area contributed by atoms with Gasteiger partial charge in [-0.2, -0.15) is 0 Å². The van der Waals surface area contributed by atoms with Crippen molar-refractivity contribution in [3.05, 3.63) is 29.3 Å². The van der Waals surface area contributed by atoms with Crippen molar-refractivity contribution in [1.29, 1.82) is 0 Å². The average molecular weight is 267 g/mol. The molecule has 0 atom stereocenters. The maximum atomic E-state index is 11.7. The second-order valence-corrected chi connectivity index (χ2v) is 3.94. The third kappa shape index (κ3) is 4.97. The van der Waals surface area contributed by atoms with Crippen LogP contribution in [0.3, 0.4) is 0 Å². The van der Waals surface area contributed by atoms with E-state index in [0.717, 1.165) is 5.56 Å². The van der Waals surface area contributed by atoms with Gasteiger partial charge in [0.2, 0.25) is 0 Å². The minimum atomic E-state index is -0.733. The number of esters is 1. The van der Waals surface area contributed by atoms with Gasteiger partial charge in [-0.1, -0.05) is 11.6 Å². The monoisotopic (exact) mass is 267 g/mol. The summed E-state index contributed by atoms with van der Waals surface area (Å²) in [6.07, 6.45) is 0. The number of hydrogen-bond donors (Lipinski definition) is 2. The van der Waals surface area contributed by atoms with Gasteiger partial charge in [0, 0.05) is 13.7 Å². The number of benzene rings is 1. The predicted molar refractivity (Wildman–Crippen MR) is 68.0 cm³/mol. The molecule has 6 heteroatoms. The first kappa shape index (κ1) is 15.0. The Kier molecular flexibility index (Phi) is 5.81. The Morgan fingerprint density at radius 2 is 2.11 bits per heavy atom. The summed E-state index contributed by atoms with van der Waals surface area (Å²) in [5.41, 5.74) is 0.860. The number of aryl methyl sites for hydroxylation is 1. The van der Waals surface area contributed by atoms with Crippen LogP contribution in [0.2, 0.25) is 0 Å². The van der Waals surface area contributed by atoms with Crippen LogP contribution in [-0.4, -0.2) is 43.9 Å². The molecule has 0 radical (unpaired) electrons. The van der Waals surface area contributed by atoms with Crippen LogP contribution in [0.1, 0.15) is 15.9 Å². The lowest BCUT2D eigenvalue weighted by Crippen LogP contribution is -2.31. The number of aromatic hydroxyl groups is 1. The number of amides is 1. The molecule has 0 fully saturated rings. The first-order valence-corrected chi connectivity index (χ1v) is 5.77. The topological polar surface area (TPSA) is 84.9 Å².